The molecular formula is C14H18N4OS. The minimum absolute atomic E-state index is 0.563. The van der Waals surface area contributed by atoms with Gasteiger partial charge in [0.15, 0.2) is 0 Å². The standard InChI is InChI=1S/C14H18N4OS/c1-18-9-2-3-12(18)6-10-20-14-17-16-13(19-14)11-4-7-15-8-5-11/h4-5,7-8,12H,2-3,6,9-10H2,1H3. The molecule has 1 fully saturated rings. The number of rotatable bonds is 5. The zero-order valence-corrected chi connectivity index (χ0v) is 12.3. The lowest BCUT2D eigenvalue weighted by Gasteiger charge is -2.18. The van der Waals surface area contributed by atoms with Gasteiger partial charge in [-0.3, -0.25) is 4.98 Å². The minimum atomic E-state index is 0.563. The fraction of sp³-hybridized carbons (Fsp3) is 0.500. The fourth-order valence-corrected chi connectivity index (χ4v) is 3.31. The molecule has 0 saturated carbocycles. The van der Waals surface area contributed by atoms with E-state index in [9.17, 15) is 0 Å². The number of thioether (sulfide) groups is 1. The minimum Gasteiger partial charge on any atom is -0.411 e. The van der Waals surface area contributed by atoms with Gasteiger partial charge in [0.05, 0.1) is 0 Å². The maximum atomic E-state index is 5.66. The molecule has 6 heteroatoms. The van der Waals surface area contributed by atoms with Crippen LogP contribution in [0.4, 0.5) is 0 Å². The van der Waals surface area contributed by atoms with Crippen molar-refractivity contribution < 1.29 is 4.42 Å². The Hall–Kier alpha value is -1.40. The van der Waals surface area contributed by atoms with Gasteiger partial charge in [-0.15, -0.1) is 10.2 Å². The van der Waals surface area contributed by atoms with E-state index in [0.29, 0.717) is 17.2 Å². The van der Waals surface area contributed by atoms with Crippen LogP contribution in [-0.4, -0.2) is 45.5 Å². The van der Waals surface area contributed by atoms with Gasteiger partial charge >= 0.3 is 0 Å². The molecule has 106 valence electrons. The van der Waals surface area contributed by atoms with E-state index in [0.717, 1.165) is 11.3 Å². The molecular weight excluding hydrogens is 272 g/mol. The van der Waals surface area contributed by atoms with E-state index in [1.165, 1.54) is 25.8 Å². The second-order valence-corrected chi connectivity index (χ2v) is 6.07. The number of nitrogens with zero attached hydrogens (tertiary/aromatic N) is 4. The molecule has 1 aliphatic heterocycles. The lowest BCUT2D eigenvalue weighted by atomic mass is 10.2. The van der Waals surface area contributed by atoms with E-state index >= 15 is 0 Å². The van der Waals surface area contributed by atoms with E-state index in [1.54, 1.807) is 24.2 Å². The van der Waals surface area contributed by atoms with Crippen molar-refractivity contribution in [3.05, 3.63) is 24.5 Å². The summed E-state index contributed by atoms with van der Waals surface area (Å²) in [6, 6.07) is 4.45. The first kappa shape index (κ1) is 13.6. The molecule has 2 aromatic heterocycles. The van der Waals surface area contributed by atoms with Crippen LogP contribution in [0.5, 0.6) is 0 Å². The van der Waals surface area contributed by atoms with Crippen molar-refractivity contribution >= 4 is 11.8 Å². The molecule has 3 rings (SSSR count). The molecule has 1 saturated heterocycles. The Labute approximate surface area is 122 Å². The Morgan fingerprint density at radius 3 is 2.95 bits per heavy atom. The summed E-state index contributed by atoms with van der Waals surface area (Å²) in [6.07, 6.45) is 7.25. The number of likely N-dealkylation sites (tertiary alicyclic amines) is 1. The highest BCUT2D eigenvalue weighted by molar-refractivity contribution is 7.99. The van der Waals surface area contributed by atoms with Gasteiger partial charge in [-0.2, -0.15) is 0 Å². The van der Waals surface area contributed by atoms with Gasteiger partial charge in [0.2, 0.25) is 5.89 Å². The van der Waals surface area contributed by atoms with Crippen molar-refractivity contribution in [2.75, 3.05) is 19.3 Å². The first-order valence-electron chi connectivity index (χ1n) is 6.90. The Morgan fingerprint density at radius 2 is 2.20 bits per heavy atom. The SMILES string of the molecule is CN1CCCC1CCSc1nnc(-c2ccncc2)o1. The summed E-state index contributed by atoms with van der Waals surface area (Å²) in [5.41, 5.74) is 0.912. The third kappa shape index (κ3) is 3.19. The lowest BCUT2D eigenvalue weighted by Crippen LogP contribution is -2.25. The molecule has 0 N–H and O–H groups in total. The molecule has 1 atom stereocenters. The molecule has 0 spiro atoms. The monoisotopic (exact) mass is 290 g/mol. The highest BCUT2D eigenvalue weighted by Gasteiger charge is 2.20. The summed E-state index contributed by atoms with van der Waals surface area (Å²) in [6.45, 7) is 1.22. The molecule has 20 heavy (non-hydrogen) atoms. The predicted octanol–water partition coefficient (Wildman–Crippen LogP) is 2.71. The molecule has 0 amide bonds. The first-order valence-corrected chi connectivity index (χ1v) is 7.88. The zero-order valence-electron chi connectivity index (χ0n) is 11.5. The number of pyridine rings is 1. The quantitative estimate of drug-likeness (QED) is 0.789. The number of hydrogen-bond acceptors (Lipinski definition) is 6. The van der Waals surface area contributed by atoms with Gasteiger partial charge < -0.3 is 9.32 Å². The van der Waals surface area contributed by atoms with E-state index in [1.807, 2.05) is 12.1 Å². The second kappa shape index (κ2) is 6.37. The van der Waals surface area contributed by atoms with Crippen molar-refractivity contribution in [1.82, 2.24) is 20.1 Å². The van der Waals surface area contributed by atoms with Crippen molar-refractivity contribution in [3.63, 3.8) is 0 Å². The van der Waals surface area contributed by atoms with E-state index in [-0.39, 0.29) is 0 Å². The average molecular weight is 290 g/mol. The summed E-state index contributed by atoms with van der Waals surface area (Å²) in [5, 5.41) is 8.81. The molecule has 0 aliphatic carbocycles. The van der Waals surface area contributed by atoms with Crippen molar-refractivity contribution in [1.29, 1.82) is 0 Å². The van der Waals surface area contributed by atoms with Crippen molar-refractivity contribution in [2.45, 2.75) is 30.5 Å². The Bertz CT molecular complexity index is 545. The normalized spacial score (nSPS) is 19.6. The summed E-state index contributed by atoms with van der Waals surface area (Å²) in [7, 11) is 2.20. The van der Waals surface area contributed by atoms with E-state index < -0.39 is 0 Å². The van der Waals surface area contributed by atoms with Crippen LogP contribution >= 0.6 is 11.8 Å². The summed E-state index contributed by atoms with van der Waals surface area (Å²) in [4.78, 5) is 6.42. The molecule has 0 aromatic carbocycles. The van der Waals surface area contributed by atoms with Crippen molar-refractivity contribution in [3.8, 4) is 11.5 Å². The Kier molecular flexibility index (Phi) is 4.32. The van der Waals surface area contributed by atoms with E-state index in [2.05, 4.69) is 27.1 Å². The summed E-state index contributed by atoms with van der Waals surface area (Å²) in [5.74, 6) is 1.58. The highest BCUT2D eigenvalue weighted by atomic mass is 32.2. The third-order valence-corrected chi connectivity index (χ3v) is 4.53. The van der Waals surface area contributed by atoms with Gasteiger partial charge in [0.25, 0.3) is 5.22 Å². The average Bonchev–Trinajstić information content (AvgIpc) is 3.10. The molecule has 1 unspecified atom stereocenters. The summed E-state index contributed by atoms with van der Waals surface area (Å²) < 4.78 is 5.66. The van der Waals surface area contributed by atoms with Crippen molar-refractivity contribution in [2.24, 2.45) is 0 Å². The maximum absolute atomic E-state index is 5.66. The Morgan fingerprint density at radius 1 is 1.35 bits per heavy atom. The largest absolute Gasteiger partial charge is 0.411 e. The van der Waals surface area contributed by atoms with Crippen LogP contribution < -0.4 is 0 Å². The number of hydrogen-bond donors (Lipinski definition) is 0. The fourth-order valence-electron chi connectivity index (χ4n) is 2.51. The maximum Gasteiger partial charge on any atom is 0.276 e. The van der Waals surface area contributed by atoms with Gasteiger partial charge in [-0.1, -0.05) is 11.8 Å². The Balaban J connectivity index is 1.53. The topological polar surface area (TPSA) is 55.1 Å². The van der Waals surface area contributed by atoms with Gasteiger partial charge in [-0.25, -0.2) is 0 Å². The molecule has 5 nitrogen and oxygen atoms in total. The van der Waals surface area contributed by atoms with Crippen LogP contribution in [-0.2, 0) is 0 Å². The lowest BCUT2D eigenvalue weighted by molar-refractivity contribution is 0.305. The van der Waals surface area contributed by atoms with Crippen LogP contribution in [0.25, 0.3) is 11.5 Å². The van der Waals surface area contributed by atoms with Crippen LogP contribution in [0.2, 0.25) is 0 Å². The van der Waals surface area contributed by atoms with Gasteiger partial charge in [-0.05, 0) is 45.0 Å². The van der Waals surface area contributed by atoms with Gasteiger partial charge in [0, 0.05) is 29.8 Å². The van der Waals surface area contributed by atoms with Crippen LogP contribution in [0.15, 0.2) is 34.2 Å². The zero-order chi connectivity index (χ0) is 13.8. The van der Waals surface area contributed by atoms with E-state index in [4.69, 9.17) is 4.42 Å². The molecule has 0 bridgehead atoms. The van der Waals surface area contributed by atoms with Crippen LogP contribution in [0, 0.1) is 0 Å². The summed E-state index contributed by atoms with van der Waals surface area (Å²) >= 11 is 1.64. The third-order valence-electron chi connectivity index (χ3n) is 3.68. The molecule has 1 aliphatic rings. The van der Waals surface area contributed by atoms with Crippen LogP contribution in [0.3, 0.4) is 0 Å². The molecule has 0 radical (unpaired) electrons. The first-order chi connectivity index (χ1) is 9.83. The smallest absolute Gasteiger partial charge is 0.276 e. The molecule has 2 aromatic rings. The predicted molar refractivity (Wildman–Crippen MR) is 78.5 cm³/mol. The van der Waals surface area contributed by atoms with Crippen LogP contribution in [0.1, 0.15) is 19.3 Å². The molecule has 3 heterocycles. The van der Waals surface area contributed by atoms with Gasteiger partial charge in [0.1, 0.15) is 0 Å². The second-order valence-electron chi connectivity index (χ2n) is 5.02. The number of aromatic nitrogens is 3. The highest BCUT2D eigenvalue weighted by Crippen LogP contribution is 2.25.